The Morgan fingerprint density at radius 2 is 1.73 bits per heavy atom. The Morgan fingerprint density at radius 1 is 1.11 bits per heavy atom. The molecule has 1 aliphatic heterocycles. The maximum absolute atomic E-state index is 12.8. The first-order chi connectivity index (χ1) is 17.7. The summed E-state index contributed by atoms with van der Waals surface area (Å²) in [5.74, 6) is 1.00. The minimum atomic E-state index is -4.48. The molecule has 0 unspecified atom stereocenters. The molecule has 0 bridgehead atoms. The van der Waals surface area contributed by atoms with Crippen molar-refractivity contribution in [3.8, 4) is 5.75 Å². The molecule has 2 rings (SSSR count). The number of alkyl halides is 3. The topological polar surface area (TPSA) is 37.7 Å². The van der Waals surface area contributed by atoms with Crippen LogP contribution < -0.4 is 4.74 Å². The Morgan fingerprint density at radius 3 is 2.19 bits per heavy atom. The molecule has 37 heavy (non-hydrogen) atoms. The third-order valence-corrected chi connectivity index (χ3v) is 5.57. The van der Waals surface area contributed by atoms with E-state index in [-0.39, 0.29) is 11.7 Å². The number of halogens is 3. The quantitative estimate of drug-likeness (QED) is 0.175. The molecule has 0 atom stereocenters. The first-order valence-electron chi connectivity index (χ1n) is 13.4. The highest BCUT2D eigenvalue weighted by molar-refractivity contribution is 6.01. The highest BCUT2D eigenvalue weighted by Crippen LogP contribution is 2.30. The maximum atomic E-state index is 12.8. The van der Waals surface area contributed by atoms with E-state index in [0.29, 0.717) is 12.2 Å². The number of allylic oxidation sites excluding steroid dienone is 3. The Balaban J connectivity index is 0.00000308. The summed E-state index contributed by atoms with van der Waals surface area (Å²) in [5, 5.41) is 0. The number of pyridine rings is 1. The van der Waals surface area contributed by atoms with Crippen LogP contribution in [0.2, 0.25) is 0 Å². The van der Waals surface area contributed by atoms with Crippen LogP contribution in [0.25, 0.3) is 0 Å². The third-order valence-electron chi connectivity index (χ3n) is 5.57. The molecular formula is C30H46F3N3O. The zero-order valence-electron chi connectivity index (χ0n) is 23.8. The highest BCUT2D eigenvalue weighted by atomic mass is 19.4. The Labute approximate surface area is 222 Å². The molecule has 1 fully saturated rings. The molecular weight excluding hydrogens is 475 g/mol. The molecule has 208 valence electrons. The first kappa shape index (κ1) is 34.3. The number of nitrogens with zero attached hydrogens (tertiary/aromatic N) is 3. The SMILES string of the molecule is C=C(CC)C(=C)CN1CCC(C(=N\C=C/C)/C(=C/CC)Oc2ccc(C(F)(F)F)nc2)CC1.CC.CC. The fraction of sp³-hybridized carbons (Fsp3) is 0.533. The van der Waals surface area contributed by atoms with Crippen molar-refractivity contribution in [1.29, 1.82) is 0 Å². The van der Waals surface area contributed by atoms with Crippen molar-refractivity contribution >= 4 is 5.71 Å². The van der Waals surface area contributed by atoms with Gasteiger partial charge in [-0.15, -0.1) is 0 Å². The Kier molecular flexibility index (Phi) is 17.2. The molecule has 7 heteroatoms. The van der Waals surface area contributed by atoms with Crippen LogP contribution in [0.3, 0.4) is 0 Å². The molecule has 2 heterocycles. The molecule has 4 nitrogen and oxygen atoms in total. The summed E-state index contributed by atoms with van der Waals surface area (Å²) in [5.41, 5.74) is 2.02. The summed E-state index contributed by atoms with van der Waals surface area (Å²) < 4.78 is 44.5. The molecule has 1 aliphatic rings. The van der Waals surface area contributed by atoms with Crippen LogP contribution in [-0.2, 0) is 6.18 Å². The van der Waals surface area contributed by atoms with Crippen molar-refractivity contribution in [3.05, 3.63) is 72.4 Å². The van der Waals surface area contributed by atoms with E-state index >= 15 is 0 Å². The number of aromatic nitrogens is 1. The van der Waals surface area contributed by atoms with E-state index in [1.807, 2.05) is 53.7 Å². The minimum Gasteiger partial charge on any atom is -0.454 e. The van der Waals surface area contributed by atoms with Gasteiger partial charge in [-0.1, -0.05) is 66.3 Å². The number of hydrogen-bond acceptors (Lipinski definition) is 4. The van der Waals surface area contributed by atoms with E-state index in [9.17, 15) is 13.2 Å². The lowest BCUT2D eigenvalue weighted by atomic mass is 9.90. The van der Waals surface area contributed by atoms with Crippen LogP contribution in [-0.4, -0.2) is 35.2 Å². The van der Waals surface area contributed by atoms with Gasteiger partial charge in [0.2, 0.25) is 0 Å². The third kappa shape index (κ3) is 11.9. The normalized spacial score (nSPS) is 15.4. The molecule has 0 aliphatic carbocycles. The van der Waals surface area contributed by atoms with Crippen molar-refractivity contribution in [2.24, 2.45) is 10.9 Å². The lowest BCUT2D eigenvalue weighted by molar-refractivity contribution is -0.141. The number of piperidine rings is 1. The predicted molar refractivity (Wildman–Crippen MR) is 151 cm³/mol. The second-order valence-electron chi connectivity index (χ2n) is 8.06. The standard InChI is InChI=1S/C26H34F3N3O.2C2H6/c1-6-9-23(33-22-10-11-24(31-17-22)26(27,28)29)25(30-14-7-2)21-12-15-32(16-13-21)18-20(5)19(4)8-3;2*1-2/h7,9-11,14,17,21H,4-6,8,12-13,15-16,18H2,1-3H3;2*1-2H3/b14-7-,23-9-,30-25+;;. The molecule has 0 radical (unpaired) electrons. The van der Waals surface area contributed by atoms with Gasteiger partial charge in [-0.3, -0.25) is 9.89 Å². The monoisotopic (exact) mass is 521 g/mol. The number of rotatable bonds is 10. The molecule has 0 saturated carbocycles. The Hall–Kier alpha value is -2.67. The molecule has 0 aromatic carbocycles. The van der Waals surface area contributed by atoms with Crippen LogP contribution in [0.1, 0.15) is 79.8 Å². The van der Waals surface area contributed by atoms with Crippen LogP contribution in [0.5, 0.6) is 5.75 Å². The summed E-state index contributed by atoms with van der Waals surface area (Å²) in [6.07, 6.45) is 5.52. The van der Waals surface area contributed by atoms with Crippen molar-refractivity contribution in [3.63, 3.8) is 0 Å². The van der Waals surface area contributed by atoms with Gasteiger partial charge < -0.3 is 4.74 Å². The number of hydrogen-bond donors (Lipinski definition) is 0. The smallest absolute Gasteiger partial charge is 0.433 e. The van der Waals surface area contributed by atoms with Gasteiger partial charge >= 0.3 is 6.18 Å². The molecule has 0 N–H and O–H groups in total. The predicted octanol–water partition coefficient (Wildman–Crippen LogP) is 9.03. The van der Waals surface area contributed by atoms with Gasteiger partial charge in [0, 0.05) is 18.7 Å². The van der Waals surface area contributed by atoms with Gasteiger partial charge in [0.25, 0.3) is 0 Å². The summed E-state index contributed by atoms with van der Waals surface area (Å²) >= 11 is 0. The van der Waals surface area contributed by atoms with Gasteiger partial charge in [-0.2, -0.15) is 13.2 Å². The van der Waals surface area contributed by atoms with Crippen LogP contribution in [0, 0.1) is 5.92 Å². The van der Waals surface area contributed by atoms with Crippen LogP contribution in [0.4, 0.5) is 13.2 Å². The average Bonchev–Trinajstić information content (AvgIpc) is 2.91. The molecule has 1 aromatic rings. The van der Waals surface area contributed by atoms with E-state index in [4.69, 9.17) is 4.74 Å². The summed E-state index contributed by atoms with van der Waals surface area (Å²) in [6, 6.07) is 2.22. The van der Waals surface area contributed by atoms with Crippen molar-refractivity contribution < 1.29 is 17.9 Å². The fourth-order valence-corrected chi connectivity index (χ4v) is 3.64. The molecule has 0 spiro atoms. The van der Waals surface area contributed by atoms with E-state index in [2.05, 4.69) is 35.0 Å². The number of ether oxygens (including phenoxy) is 1. The van der Waals surface area contributed by atoms with Crippen molar-refractivity contribution in [2.45, 2.75) is 80.3 Å². The van der Waals surface area contributed by atoms with E-state index in [1.54, 1.807) is 6.20 Å². The fourth-order valence-electron chi connectivity index (χ4n) is 3.64. The zero-order valence-corrected chi connectivity index (χ0v) is 23.8. The molecule has 0 amide bonds. The summed E-state index contributed by atoms with van der Waals surface area (Å²) in [6.45, 7) is 24.8. The van der Waals surface area contributed by atoms with Crippen LogP contribution >= 0.6 is 0 Å². The van der Waals surface area contributed by atoms with Crippen molar-refractivity contribution in [2.75, 3.05) is 19.6 Å². The number of aliphatic imine (C=N–C) groups is 1. The summed E-state index contributed by atoms with van der Waals surface area (Å²) in [7, 11) is 0. The summed E-state index contributed by atoms with van der Waals surface area (Å²) in [4.78, 5) is 10.5. The van der Waals surface area contributed by atoms with E-state index in [0.717, 1.165) is 68.0 Å². The average molecular weight is 522 g/mol. The van der Waals surface area contributed by atoms with Crippen molar-refractivity contribution in [1.82, 2.24) is 9.88 Å². The van der Waals surface area contributed by atoms with Crippen LogP contribution in [0.15, 0.2) is 71.7 Å². The maximum Gasteiger partial charge on any atom is 0.433 e. The van der Waals surface area contributed by atoms with Gasteiger partial charge in [-0.25, -0.2) is 4.98 Å². The van der Waals surface area contributed by atoms with Gasteiger partial charge in [0.05, 0.1) is 11.9 Å². The first-order valence-corrected chi connectivity index (χ1v) is 13.4. The minimum absolute atomic E-state index is 0.181. The van der Waals surface area contributed by atoms with Gasteiger partial charge in [0.15, 0.2) is 0 Å². The highest BCUT2D eigenvalue weighted by Gasteiger charge is 2.32. The lowest BCUT2D eigenvalue weighted by Gasteiger charge is -2.33. The van der Waals surface area contributed by atoms with E-state index < -0.39 is 11.9 Å². The zero-order chi connectivity index (χ0) is 28.4. The Bertz CT molecular complexity index is 892. The van der Waals surface area contributed by atoms with Gasteiger partial charge in [0.1, 0.15) is 17.2 Å². The number of likely N-dealkylation sites (tertiary alicyclic amines) is 1. The molecule has 1 saturated heterocycles. The second-order valence-corrected chi connectivity index (χ2v) is 8.06. The largest absolute Gasteiger partial charge is 0.454 e. The molecule has 1 aromatic heterocycles. The van der Waals surface area contributed by atoms with E-state index in [1.165, 1.54) is 6.07 Å². The lowest BCUT2D eigenvalue weighted by Crippen LogP contribution is -2.38. The second kappa shape index (κ2) is 18.6. The van der Waals surface area contributed by atoms with Gasteiger partial charge in [-0.05, 0) is 69.5 Å².